The highest BCUT2D eigenvalue weighted by molar-refractivity contribution is 5.94. The van der Waals surface area contributed by atoms with Gasteiger partial charge in [0.1, 0.15) is 22.9 Å². The monoisotopic (exact) mass is 289 g/mol. The lowest BCUT2D eigenvalue weighted by Gasteiger charge is -2.21. The summed E-state index contributed by atoms with van der Waals surface area (Å²) in [6, 6.07) is 8.05. The molecular weight excluding hydrogens is 270 g/mol. The first-order chi connectivity index (χ1) is 9.78. The van der Waals surface area contributed by atoms with E-state index in [-0.39, 0.29) is 18.2 Å². The minimum absolute atomic E-state index is 0.00743. The molecule has 0 aliphatic rings. The first-order valence-corrected chi connectivity index (χ1v) is 6.66. The minimum atomic E-state index is -1.30. The third kappa shape index (κ3) is 3.64. The van der Waals surface area contributed by atoms with E-state index in [0.29, 0.717) is 17.1 Å². The lowest BCUT2D eigenvalue weighted by molar-refractivity contribution is 0.0323. The van der Waals surface area contributed by atoms with Gasteiger partial charge in [-0.25, -0.2) is 0 Å². The van der Waals surface area contributed by atoms with Gasteiger partial charge < -0.3 is 19.9 Å². The van der Waals surface area contributed by atoms with Gasteiger partial charge in [-0.05, 0) is 56.7 Å². The molecule has 1 aromatic carbocycles. The van der Waals surface area contributed by atoms with Gasteiger partial charge >= 0.3 is 0 Å². The number of aliphatic hydroxyl groups is 1. The molecule has 0 radical (unpaired) electrons. The number of carbonyl (C=O) groups excluding carboxylic acids is 1. The van der Waals surface area contributed by atoms with Gasteiger partial charge in [-0.3, -0.25) is 4.79 Å². The number of rotatable bonds is 4. The summed E-state index contributed by atoms with van der Waals surface area (Å²) in [6.45, 7) is 5.15. The molecule has 1 unspecified atom stereocenters. The van der Waals surface area contributed by atoms with E-state index in [4.69, 9.17) is 4.42 Å². The van der Waals surface area contributed by atoms with Crippen molar-refractivity contribution in [2.24, 2.45) is 0 Å². The standard InChI is InChI=1S/C16H19NO4/c1-10-6-12(8-13(18)7-10)15(19)17-9-16(3,20)14-5-4-11(2)21-14/h4-8,18,20H,9H2,1-3H3,(H,17,19). The summed E-state index contributed by atoms with van der Waals surface area (Å²) in [7, 11) is 0. The number of nitrogens with one attached hydrogen (secondary N) is 1. The van der Waals surface area contributed by atoms with Crippen molar-refractivity contribution in [2.75, 3.05) is 6.54 Å². The van der Waals surface area contributed by atoms with Crippen LogP contribution in [0.5, 0.6) is 5.75 Å². The average molecular weight is 289 g/mol. The highest BCUT2D eigenvalue weighted by Crippen LogP contribution is 2.22. The van der Waals surface area contributed by atoms with Crippen LogP contribution in [0.25, 0.3) is 0 Å². The lowest BCUT2D eigenvalue weighted by Crippen LogP contribution is -2.38. The summed E-state index contributed by atoms with van der Waals surface area (Å²) in [5, 5.41) is 22.5. The third-order valence-corrected chi connectivity index (χ3v) is 3.19. The summed E-state index contributed by atoms with van der Waals surface area (Å²) < 4.78 is 5.38. The molecule has 5 heteroatoms. The van der Waals surface area contributed by atoms with Gasteiger partial charge in [0.15, 0.2) is 0 Å². The summed E-state index contributed by atoms with van der Waals surface area (Å²) in [5.74, 6) is 0.763. The Kier molecular flexibility index (Phi) is 4.04. The number of phenolic OH excluding ortho intramolecular Hbond substituents is 1. The van der Waals surface area contributed by atoms with E-state index < -0.39 is 5.60 Å². The summed E-state index contributed by atoms with van der Waals surface area (Å²) in [6.07, 6.45) is 0. The number of hydrogen-bond acceptors (Lipinski definition) is 4. The van der Waals surface area contributed by atoms with Crippen LogP contribution in [0, 0.1) is 13.8 Å². The van der Waals surface area contributed by atoms with Crippen LogP contribution >= 0.6 is 0 Å². The number of aromatic hydroxyl groups is 1. The van der Waals surface area contributed by atoms with E-state index >= 15 is 0 Å². The summed E-state index contributed by atoms with van der Waals surface area (Å²) in [4.78, 5) is 12.1. The Morgan fingerprint density at radius 1 is 1.29 bits per heavy atom. The van der Waals surface area contributed by atoms with E-state index in [1.165, 1.54) is 6.07 Å². The second-order valence-corrected chi connectivity index (χ2v) is 5.42. The Balaban J connectivity index is 2.06. The van der Waals surface area contributed by atoms with Gasteiger partial charge in [0.05, 0.1) is 6.54 Å². The Bertz CT molecular complexity index is 638. The molecule has 2 aromatic rings. The minimum Gasteiger partial charge on any atom is -0.508 e. The van der Waals surface area contributed by atoms with Gasteiger partial charge in [-0.2, -0.15) is 0 Å². The molecule has 1 aromatic heterocycles. The molecule has 2 rings (SSSR count). The van der Waals surface area contributed by atoms with E-state index in [0.717, 1.165) is 5.56 Å². The van der Waals surface area contributed by atoms with Gasteiger partial charge in [-0.1, -0.05) is 0 Å². The van der Waals surface area contributed by atoms with Crippen molar-refractivity contribution in [3.8, 4) is 5.75 Å². The molecule has 1 amide bonds. The smallest absolute Gasteiger partial charge is 0.251 e. The zero-order chi connectivity index (χ0) is 15.6. The fourth-order valence-corrected chi connectivity index (χ4v) is 2.06. The van der Waals surface area contributed by atoms with Crippen molar-refractivity contribution < 1.29 is 19.4 Å². The highest BCUT2D eigenvalue weighted by atomic mass is 16.4. The molecule has 21 heavy (non-hydrogen) atoms. The second-order valence-electron chi connectivity index (χ2n) is 5.42. The van der Waals surface area contributed by atoms with E-state index in [9.17, 15) is 15.0 Å². The normalized spacial score (nSPS) is 13.7. The van der Waals surface area contributed by atoms with Crippen LogP contribution in [0.3, 0.4) is 0 Å². The maximum atomic E-state index is 12.1. The summed E-state index contributed by atoms with van der Waals surface area (Å²) >= 11 is 0. The summed E-state index contributed by atoms with van der Waals surface area (Å²) in [5.41, 5.74) is -0.164. The maximum absolute atomic E-state index is 12.1. The van der Waals surface area contributed by atoms with Crippen LogP contribution in [0.1, 0.15) is 34.4 Å². The molecule has 5 nitrogen and oxygen atoms in total. The number of aryl methyl sites for hydroxylation is 2. The predicted octanol–water partition coefficient (Wildman–Crippen LogP) is 2.24. The van der Waals surface area contributed by atoms with Crippen LogP contribution in [-0.2, 0) is 5.60 Å². The van der Waals surface area contributed by atoms with Crippen LogP contribution in [0.15, 0.2) is 34.7 Å². The molecule has 0 aliphatic carbocycles. The largest absolute Gasteiger partial charge is 0.508 e. The number of phenols is 1. The molecule has 1 heterocycles. The maximum Gasteiger partial charge on any atom is 0.251 e. The topological polar surface area (TPSA) is 82.7 Å². The third-order valence-electron chi connectivity index (χ3n) is 3.19. The van der Waals surface area contributed by atoms with Crippen LogP contribution in [-0.4, -0.2) is 22.7 Å². The van der Waals surface area contributed by atoms with Gasteiger partial charge in [0.25, 0.3) is 5.91 Å². The molecule has 1 atom stereocenters. The fraction of sp³-hybridized carbons (Fsp3) is 0.312. The first-order valence-electron chi connectivity index (χ1n) is 6.66. The van der Waals surface area contributed by atoms with Gasteiger partial charge in [0.2, 0.25) is 0 Å². The number of benzene rings is 1. The van der Waals surface area contributed by atoms with E-state index in [2.05, 4.69) is 5.32 Å². The molecule has 112 valence electrons. The average Bonchev–Trinajstić information content (AvgIpc) is 2.82. The fourth-order valence-electron chi connectivity index (χ4n) is 2.06. The van der Waals surface area contributed by atoms with Crippen molar-refractivity contribution in [3.05, 3.63) is 53.0 Å². The number of amides is 1. The second kappa shape index (κ2) is 5.61. The molecule has 0 bridgehead atoms. The Morgan fingerprint density at radius 2 is 2.00 bits per heavy atom. The molecule has 3 N–H and O–H groups in total. The number of furan rings is 1. The van der Waals surface area contributed by atoms with Crippen molar-refractivity contribution in [2.45, 2.75) is 26.4 Å². The Labute approximate surface area is 123 Å². The number of hydrogen-bond donors (Lipinski definition) is 3. The molecule has 0 spiro atoms. The highest BCUT2D eigenvalue weighted by Gasteiger charge is 2.27. The SMILES string of the molecule is Cc1cc(O)cc(C(=O)NCC(C)(O)c2ccc(C)o2)c1. The predicted molar refractivity (Wildman–Crippen MR) is 78.2 cm³/mol. The molecule has 0 aliphatic heterocycles. The number of carbonyl (C=O) groups is 1. The Hall–Kier alpha value is -2.27. The van der Waals surface area contributed by atoms with Gasteiger partial charge in [0, 0.05) is 5.56 Å². The lowest BCUT2D eigenvalue weighted by atomic mass is 10.0. The van der Waals surface area contributed by atoms with E-state index in [1.807, 2.05) is 0 Å². The first kappa shape index (κ1) is 15.1. The van der Waals surface area contributed by atoms with Crippen molar-refractivity contribution in [1.82, 2.24) is 5.32 Å². The van der Waals surface area contributed by atoms with Crippen molar-refractivity contribution >= 4 is 5.91 Å². The quantitative estimate of drug-likeness (QED) is 0.806. The molecule has 0 saturated carbocycles. The van der Waals surface area contributed by atoms with Crippen LogP contribution < -0.4 is 5.32 Å². The molecule has 0 fully saturated rings. The molecule has 0 saturated heterocycles. The zero-order valence-electron chi connectivity index (χ0n) is 12.3. The van der Waals surface area contributed by atoms with Crippen LogP contribution in [0.4, 0.5) is 0 Å². The van der Waals surface area contributed by atoms with Crippen LogP contribution in [0.2, 0.25) is 0 Å². The van der Waals surface area contributed by atoms with Crippen molar-refractivity contribution in [3.63, 3.8) is 0 Å². The zero-order valence-corrected chi connectivity index (χ0v) is 12.3. The van der Waals surface area contributed by atoms with Crippen molar-refractivity contribution in [1.29, 1.82) is 0 Å². The molecular formula is C16H19NO4. The van der Waals surface area contributed by atoms with E-state index in [1.54, 1.807) is 45.0 Å². The Morgan fingerprint density at radius 3 is 2.57 bits per heavy atom. The van der Waals surface area contributed by atoms with Gasteiger partial charge in [-0.15, -0.1) is 0 Å².